The van der Waals surface area contributed by atoms with Crippen molar-refractivity contribution in [3.05, 3.63) is 0 Å². The van der Waals surface area contributed by atoms with Crippen LogP contribution in [0.2, 0.25) is 0 Å². The number of carboxylic acids is 1. The third-order valence-electron chi connectivity index (χ3n) is 3.56. The molecule has 0 aromatic carbocycles. The summed E-state index contributed by atoms with van der Waals surface area (Å²) in [7, 11) is 0. The number of imide groups is 1. The number of carboxylic acid groups (broad SMARTS) is 1. The van der Waals surface area contributed by atoms with Gasteiger partial charge in [-0.05, 0) is 25.8 Å². The fraction of sp³-hybridized carbons (Fsp3) is 0.750. The van der Waals surface area contributed by atoms with Gasteiger partial charge in [-0.2, -0.15) is 0 Å². The monoisotopic (exact) mass is 271 g/mol. The van der Waals surface area contributed by atoms with Crippen molar-refractivity contribution in [2.24, 2.45) is 5.73 Å². The smallest absolute Gasteiger partial charge is 0.324 e. The zero-order valence-corrected chi connectivity index (χ0v) is 11.1. The Morgan fingerprint density at radius 1 is 1.42 bits per heavy atom. The SMILES string of the molecule is CCCC1(C(=O)O)CCCN1CCC(=O)NC(N)=O. The van der Waals surface area contributed by atoms with Crippen molar-refractivity contribution in [3.63, 3.8) is 0 Å². The normalized spacial score (nSPS) is 23.2. The second-order valence-electron chi connectivity index (χ2n) is 4.84. The van der Waals surface area contributed by atoms with Gasteiger partial charge in [0, 0.05) is 13.0 Å². The maximum absolute atomic E-state index is 11.5. The van der Waals surface area contributed by atoms with E-state index in [-0.39, 0.29) is 6.42 Å². The van der Waals surface area contributed by atoms with Gasteiger partial charge in [-0.3, -0.25) is 19.8 Å². The molecule has 0 aromatic heterocycles. The number of amides is 3. The zero-order valence-electron chi connectivity index (χ0n) is 11.1. The first kappa shape index (κ1) is 15.4. The van der Waals surface area contributed by atoms with Crippen molar-refractivity contribution in [2.45, 2.75) is 44.6 Å². The second kappa shape index (κ2) is 6.51. The summed E-state index contributed by atoms with van der Waals surface area (Å²) in [5.74, 6) is -1.31. The molecule has 0 radical (unpaired) electrons. The first-order valence-corrected chi connectivity index (χ1v) is 6.50. The van der Waals surface area contributed by atoms with Gasteiger partial charge in [0.1, 0.15) is 5.54 Å². The number of hydrogen-bond acceptors (Lipinski definition) is 4. The Labute approximate surface area is 112 Å². The molecule has 1 unspecified atom stereocenters. The summed E-state index contributed by atoms with van der Waals surface area (Å²) in [4.78, 5) is 35.3. The summed E-state index contributed by atoms with van der Waals surface area (Å²) < 4.78 is 0. The fourth-order valence-electron chi connectivity index (χ4n) is 2.74. The molecule has 1 aliphatic heterocycles. The Morgan fingerprint density at radius 3 is 2.63 bits per heavy atom. The fourth-order valence-corrected chi connectivity index (χ4v) is 2.74. The number of primary amides is 1. The Morgan fingerprint density at radius 2 is 2.11 bits per heavy atom. The maximum Gasteiger partial charge on any atom is 0.324 e. The average molecular weight is 271 g/mol. The van der Waals surface area contributed by atoms with Crippen LogP contribution in [0.5, 0.6) is 0 Å². The Balaban J connectivity index is 2.62. The van der Waals surface area contributed by atoms with E-state index in [1.165, 1.54) is 0 Å². The molecule has 0 saturated carbocycles. The van der Waals surface area contributed by atoms with E-state index in [2.05, 4.69) is 0 Å². The molecule has 1 saturated heterocycles. The quantitative estimate of drug-likeness (QED) is 0.642. The van der Waals surface area contributed by atoms with E-state index >= 15 is 0 Å². The summed E-state index contributed by atoms with van der Waals surface area (Å²) in [5, 5.41) is 11.4. The van der Waals surface area contributed by atoms with Crippen molar-refractivity contribution < 1.29 is 19.5 Å². The second-order valence-corrected chi connectivity index (χ2v) is 4.84. The first-order valence-electron chi connectivity index (χ1n) is 6.50. The summed E-state index contributed by atoms with van der Waals surface area (Å²) >= 11 is 0. The molecule has 0 aromatic rings. The van der Waals surface area contributed by atoms with Gasteiger partial charge in [-0.25, -0.2) is 4.79 Å². The summed E-state index contributed by atoms with van der Waals surface area (Å²) in [5.41, 5.74) is 3.99. The van der Waals surface area contributed by atoms with Gasteiger partial charge in [0.2, 0.25) is 5.91 Å². The topological polar surface area (TPSA) is 113 Å². The maximum atomic E-state index is 11.5. The zero-order chi connectivity index (χ0) is 14.5. The van der Waals surface area contributed by atoms with E-state index in [0.717, 1.165) is 12.8 Å². The predicted molar refractivity (Wildman–Crippen MR) is 68.4 cm³/mol. The highest BCUT2D eigenvalue weighted by Gasteiger charge is 2.46. The Bertz CT molecular complexity index is 372. The molecule has 4 N–H and O–H groups in total. The van der Waals surface area contributed by atoms with Crippen LogP contribution in [0.15, 0.2) is 0 Å². The van der Waals surface area contributed by atoms with Crippen molar-refractivity contribution in [3.8, 4) is 0 Å². The van der Waals surface area contributed by atoms with Gasteiger partial charge in [-0.1, -0.05) is 13.3 Å². The molecule has 0 spiro atoms. The highest BCUT2D eigenvalue weighted by molar-refractivity contribution is 5.93. The number of nitrogens with one attached hydrogen (secondary N) is 1. The van der Waals surface area contributed by atoms with E-state index in [1.807, 2.05) is 17.1 Å². The van der Waals surface area contributed by atoms with Gasteiger partial charge in [0.15, 0.2) is 0 Å². The number of hydrogen-bond donors (Lipinski definition) is 3. The minimum Gasteiger partial charge on any atom is -0.480 e. The van der Waals surface area contributed by atoms with Crippen LogP contribution in [0.25, 0.3) is 0 Å². The molecular weight excluding hydrogens is 250 g/mol. The van der Waals surface area contributed by atoms with E-state index in [1.54, 1.807) is 0 Å². The number of carbonyl (C=O) groups excluding carboxylic acids is 2. The number of rotatable bonds is 6. The molecule has 108 valence electrons. The molecular formula is C12H21N3O4. The highest BCUT2D eigenvalue weighted by atomic mass is 16.4. The van der Waals surface area contributed by atoms with Gasteiger partial charge in [-0.15, -0.1) is 0 Å². The highest BCUT2D eigenvalue weighted by Crippen LogP contribution is 2.33. The Hall–Kier alpha value is -1.63. The van der Waals surface area contributed by atoms with E-state index in [0.29, 0.717) is 25.9 Å². The van der Waals surface area contributed by atoms with Crippen LogP contribution in [0.4, 0.5) is 4.79 Å². The lowest BCUT2D eigenvalue weighted by molar-refractivity contribution is -0.150. The number of likely N-dealkylation sites (tertiary alicyclic amines) is 1. The van der Waals surface area contributed by atoms with Crippen LogP contribution >= 0.6 is 0 Å². The molecule has 7 nitrogen and oxygen atoms in total. The van der Waals surface area contributed by atoms with E-state index in [9.17, 15) is 19.5 Å². The molecule has 1 atom stereocenters. The van der Waals surface area contributed by atoms with E-state index < -0.39 is 23.4 Å². The number of urea groups is 1. The minimum atomic E-state index is -0.885. The minimum absolute atomic E-state index is 0.0711. The number of carbonyl (C=O) groups is 3. The van der Waals surface area contributed by atoms with Crippen LogP contribution in [0.3, 0.4) is 0 Å². The lowest BCUT2D eigenvalue weighted by atomic mass is 9.90. The molecule has 19 heavy (non-hydrogen) atoms. The standard InChI is InChI=1S/C12H21N3O4/c1-2-5-12(10(17)18)6-3-7-15(12)8-4-9(16)14-11(13)19/h2-8H2,1H3,(H,17,18)(H3,13,14,16,19). The molecule has 1 rings (SSSR count). The first-order chi connectivity index (χ1) is 8.92. The van der Waals surface area contributed by atoms with Crippen LogP contribution in [0.1, 0.15) is 39.0 Å². The number of aliphatic carboxylic acids is 1. The molecule has 0 bridgehead atoms. The Kier molecular flexibility index (Phi) is 5.29. The molecule has 1 heterocycles. The van der Waals surface area contributed by atoms with Crippen LogP contribution in [-0.2, 0) is 9.59 Å². The van der Waals surface area contributed by atoms with Crippen LogP contribution in [0, 0.1) is 0 Å². The summed E-state index contributed by atoms with van der Waals surface area (Å²) in [6, 6.07) is -0.885. The average Bonchev–Trinajstić information content (AvgIpc) is 2.70. The van der Waals surface area contributed by atoms with Crippen molar-refractivity contribution in [1.82, 2.24) is 10.2 Å². The van der Waals surface area contributed by atoms with Crippen molar-refractivity contribution >= 4 is 17.9 Å². The molecule has 0 aliphatic carbocycles. The largest absolute Gasteiger partial charge is 0.480 e. The number of nitrogens with two attached hydrogens (primary N) is 1. The van der Waals surface area contributed by atoms with Gasteiger partial charge >= 0.3 is 12.0 Å². The van der Waals surface area contributed by atoms with Crippen molar-refractivity contribution in [2.75, 3.05) is 13.1 Å². The van der Waals surface area contributed by atoms with Crippen molar-refractivity contribution in [1.29, 1.82) is 0 Å². The van der Waals surface area contributed by atoms with Crippen LogP contribution < -0.4 is 11.1 Å². The predicted octanol–water partition coefficient (Wildman–Crippen LogP) is 0.291. The van der Waals surface area contributed by atoms with Crippen LogP contribution in [-0.4, -0.2) is 46.5 Å². The molecule has 3 amide bonds. The molecule has 7 heteroatoms. The van der Waals surface area contributed by atoms with E-state index in [4.69, 9.17) is 5.73 Å². The van der Waals surface area contributed by atoms with Gasteiger partial charge in [0.05, 0.1) is 0 Å². The summed E-state index contributed by atoms with van der Waals surface area (Å²) in [6.45, 7) is 2.93. The number of nitrogens with zero attached hydrogens (tertiary/aromatic N) is 1. The summed E-state index contributed by atoms with van der Waals surface area (Å²) in [6.07, 6.45) is 2.83. The van der Waals surface area contributed by atoms with Gasteiger partial charge in [0.25, 0.3) is 0 Å². The lowest BCUT2D eigenvalue weighted by Gasteiger charge is -2.34. The molecule has 1 fully saturated rings. The third-order valence-corrected chi connectivity index (χ3v) is 3.56. The third kappa shape index (κ3) is 3.66. The lowest BCUT2D eigenvalue weighted by Crippen LogP contribution is -2.51. The molecule has 1 aliphatic rings. The van der Waals surface area contributed by atoms with Gasteiger partial charge < -0.3 is 10.8 Å².